The second kappa shape index (κ2) is 12.8. The molecule has 3 rings (SSSR count). The molecule has 2 aromatic rings. The Morgan fingerprint density at radius 3 is 2.28 bits per heavy atom. The lowest BCUT2D eigenvalue weighted by molar-refractivity contribution is 0.0852. The van der Waals surface area contributed by atoms with E-state index in [1.807, 2.05) is 54.6 Å². The quantitative estimate of drug-likeness (QED) is 0.618. The SMILES string of the molecule is Cl.Cl.NCc1ccc(C(=O)NCC2CCN(CC(O)c3ccccc3)CC2)cc1. The monoisotopic (exact) mass is 439 g/mol. The van der Waals surface area contributed by atoms with Crippen LogP contribution in [0.2, 0.25) is 0 Å². The summed E-state index contributed by atoms with van der Waals surface area (Å²) in [6.45, 7) is 3.76. The maximum Gasteiger partial charge on any atom is 0.251 e. The highest BCUT2D eigenvalue weighted by Gasteiger charge is 2.22. The average molecular weight is 440 g/mol. The molecule has 0 saturated carbocycles. The van der Waals surface area contributed by atoms with Crippen molar-refractivity contribution in [2.45, 2.75) is 25.5 Å². The van der Waals surface area contributed by atoms with E-state index < -0.39 is 6.10 Å². The smallest absolute Gasteiger partial charge is 0.251 e. The topological polar surface area (TPSA) is 78.6 Å². The predicted octanol–water partition coefficient (Wildman–Crippen LogP) is 3.16. The first-order valence-corrected chi connectivity index (χ1v) is 9.68. The Morgan fingerprint density at radius 2 is 1.69 bits per heavy atom. The second-order valence-corrected chi connectivity index (χ2v) is 7.28. The number of nitrogens with two attached hydrogens (primary N) is 1. The third-order valence-electron chi connectivity index (χ3n) is 5.33. The van der Waals surface area contributed by atoms with Crippen LogP contribution in [0.1, 0.15) is 40.4 Å². The number of rotatable bonds is 7. The summed E-state index contributed by atoms with van der Waals surface area (Å²) < 4.78 is 0. The van der Waals surface area contributed by atoms with E-state index in [1.165, 1.54) is 0 Å². The molecule has 1 aliphatic heterocycles. The van der Waals surface area contributed by atoms with Crippen LogP contribution in [0.25, 0.3) is 0 Å². The molecule has 29 heavy (non-hydrogen) atoms. The molecule has 5 nitrogen and oxygen atoms in total. The average Bonchev–Trinajstić information content (AvgIpc) is 2.73. The fourth-order valence-electron chi connectivity index (χ4n) is 3.53. The number of nitrogens with one attached hydrogen (secondary N) is 1. The number of piperidine rings is 1. The van der Waals surface area contributed by atoms with Crippen molar-refractivity contribution < 1.29 is 9.90 Å². The zero-order chi connectivity index (χ0) is 19.1. The number of aliphatic hydroxyl groups excluding tert-OH is 1. The first-order chi connectivity index (χ1) is 13.2. The lowest BCUT2D eigenvalue weighted by atomic mass is 9.96. The second-order valence-electron chi connectivity index (χ2n) is 7.28. The molecule has 0 radical (unpaired) electrons. The van der Waals surface area contributed by atoms with Crippen LogP contribution in [-0.4, -0.2) is 42.1 Å². The molecular formula is C22H31Cl2N3O2. The molecule has 1 unspecified atom stereocenters. The first kappa shape index (κ1) is 25.4. The Morgan fingerprint density at radius 1 is 1.07 bits per heavy atom. The van der Waals surface area contributed by atoms with E-state index in [-0.39, 0.29) is 30.7 Å². The molecule has 1 fully saturated rings. The van der Waals surface area contributed by atoms with Gasteiger partial charge < -0.3 is 21.1 Å². The van der Waals surface area contributed by atoms with Gasteiger partial charge in [-0.1, -0.05) is 42.5 Å². The van der Waals surface area contributed by atoms with Gasteiger partial charge in [0.2, 0.25) is 0 Å². The van der Waals surface area contributed by atoms with Gasteiger partial charge in [0.25, 0.3) is 5.91 Å². The number of carbonyl (C=O) groups excluding carboxylic acids is 1. The Labute approximate surface area is 185 Å². The summed E-state index contributed by atoms with van der Waals surface area (Å²) in [5.74, 6) is 0.461. The molecule has 1 aliphatic rings. The largest absolute Gasteiger partial charge is 0.387 e. The van der Waals surface area contributed by atoms with Gasteiger partial charge in [-0.3, -0.25) is 4.79 Å². The summed E-state index contributed by atoms with van der Waals surface area (Å²) in [5.41, 5.74) is 8.25. The van der Waals surface area contributed by atoms with Gasteiger partial charge in [0.05, 0.1) is 6.10 Å². The van der Waals surface area contributed by atoms with Crippen molar-refractivity contribution in [3.63, 3.8) is 0 Å². The summed E-state index contributed by atoms with van der Waals surface area (Å²) in [7, 11) is 0. The number of halogens is 2. The van der Waals surface area contributed by atoms with Crippen LogP contribution in [0.4, 0.5) is 0 Å². The third kappa shape index (κ3) is 7.61. The van der Waals surface area contributed by atoms with Gasteiger partial charge in [-0.15, -0.1) is 24.8 Å². The zero-order valence-corrected chi connectivity index (χ0v) is 18.1. The number of carbonyl (C=O) groups is 1. The lowest BCUT2D eigenvalue weighted by Crippen LogP contribution is -2.40. The Bertz CT molecular complexity index is 721. The third-order valence-corrected chi connectivity index (χ3v) is 5.33. The number of hydrogen-bond acceptors (Lipinski definition) is 4. The van der Waals surface area contributed by atoms with Crippen LogP contribution in [0.15, 0.2) is 54.6 Å². The van der Waals surface area contributed by atoms with Crippen LogP contribution in [0.3, 0.4) is 0 Å². The van der Waals surface area contributed by atoms with Crippen LogP contribution in [0, 0.1) is 5.92 Å². The van der Waals surface area contributed by atoms with Gasteiger partial charge in [0.15, 0.2) is 0 Å². The maximum atomic E-state index is 12.3. The maximum absolute atomic E-state index is 12.3. The first-order valence-electron chi connectivity index (χ1n) is 9.68. The van der Waals surface area contributed by atoms with Crippen molar-refractivity contribution in [3.8, 4) is 0 Å². The van der Waals surface area contributed by atoms with Crippen molar-refractivity contribution in [3.05, 3.63) is 71.3 Å². The number of benzene rings is 2. The van der Waals surface area contributed by atoms with Crippen molar-refractivity contribution >= 4 is 30.7 Å². The Kier molecular flexibility index (Phi) is 11.2. The van der Waals surface area contributed by atoms with Crippen molar-refractivity contribution in [1.82, 2.24) is 10.2 Å². The summed E-state index contributed by atoms with van der Waals surface area (Å²) >= 11 is 0. The van der Waals surface area contributed by atoms with E-state index in [0.717, 1.165) is 37.1 Å². The van der Waals surface area contributed by atoms with Gasteiger partial charge in [0.1, 0.15) is 0 Å². The Balaban J connectivity index is 0.00000210. The van der Waals surface area contributed by atoms with E-state index in [4.69, 9.17) is 5.73 Å². The highest BCUT2D eigenvalue weighted by Crippen LogP contribution is 2.20. The van der Waals surface area contributed by atoms with E-state index >= 15 is 0 Å². The van der Waals surface area contributed by atoms with Crippen molar-refractivity contribution in [2.24, 2.45) is 11.7 Å². The molecule has 2 aromatic carbocycles. The standard InChI is InChI=1S/C22H29N3O2.2ClH/c23-14-17-6-8-20(9-7-17)22(27)24-15-18-10-12-25(13-11-18)16-21(26)19-4-2-1-3-5-19;;/h1-9,18,21,26H,10-16,23H2,(H,24,27);2*1H. The fraction of sp³-hybridized carbons (Fsp3) is 0.409. The number of β-amino-alcohol motifs (C(OH)–C–C–N with tert-alkyl or cyclic N) is 1. The molecule has 7 heteroatoms. The molecule has 0 spiro atoms. The minimum absolute atomic E-state index is 0. The molecule has 1 heterocycles. The van der Waals surface area contributed by atoms with Gasteiger partial charge in [-0.2, -0.15) is 0 Å². The van der Waals surface area contributed by atoms with Gasteiger partial charge >= 0.3 is 0 Å². The zero-order valence-electron chi connectivity index (χ0n) is 16.5. The highest BCUT2D eigenvalue weighted by molar-refractivity contribution is 5.94. The van der Waals surface area contributed by atoms with E-state index in [0.29, 0.717) is 31.1 Å². The number of nitrogens with zero attached hydrogens (tertiary/aromatic N) is 1. The molecule has 0 aromatic heterocycles. The molecule has 0 bridgehead atoms. The predicted molar refractivity (Wildman–Crippen MR) is 122 cm³/mol. The van der Waals surface area contributed by atoms with Gasteiger partial charge in [0, 0.05) is 25.2 Å². The minimum Gasteiger partial charge on any atom is -0.387 e. The molecule has 1 atom stereocenters. The van der Waals surface area contributed by atoms with Gasteiger partial charge in [-0.05, 0) is 55.1 Å². The number of amides is 1. The van der Waals surface area contributed by atoms with E-state index in [9.17, 15) is 9.90 Å². The summed E-state index contributed by atoms with van der Waals surface area (Å²) in [4.78, 5) is 14.6. The van der Waals surface area contributed by atoms with Crippen LogP contribution in [0.5, 0.6) is 0 Å². The number of aliphatic hydroxyl groups is 1. The summed E-state index contributed by atoms with van der Waals surface area (Å²) in [6, 6.07) is 17.2. The highest BCUT2D eigenvalue weighted by atomic mass is 35.5. The molecule has 0 aliphatic carbocycles. The number of likely N-dealkylation sites (tertiary alicyclic amines) is 1. The summed E-state index contributed by atoms with van der Waals surface area (Å²) in [5, 5.41) is 13.4. The molecule has 4 N–H and O–H groups in total. The molecule has 160 valence electrons. The van der Waals surface area contributed by atoms with E-state index in [2.05, 4.69) is 10.2 Å². The van der Waals surface area contributed by atoms with Crippen LogP contribution < -0.4 is 11.1 Å². The van der Waals surface area contributed by atoms with Crippen molar-refractivity contribution in [2.75, 3.05) is 26.2 Å². The molecular weight excluding hydrogens is 409 g/mol. The normalized spacial score (nSPS) is 15.7. The Hall–Kier alpha value is -1.63. The van der Waals surface area contributed by atoms with Gasteiger partial charge in [-0.25, -0.2) is 0 Å². The molecule has 1 saturated heterocycles. The number of hydrogen-bond donors (Lipinski definition) is 3. The molecule has 1 amide bonds. The van der Waals surface area contributed by atoms with Crippen molar-refractivity contribution in [1.29, 1.82) is 0 Å². The fourth-order valence-corrected chi connectivity index (χ4v) is 3.53. The van der Waals surface area contributed by atoms with Crippen LogP contribution >= 0.6 is 24.8 Å². The van der Waals surface area contributed by atoms with Crippen LogP contribution in [-0.2, 0) is 6.54 Å². The summed E-state index contributed by atoms with van der Waals surface area (Å²) in [6.07, 6.45) is 1.63. The minimum atomic E-state index is -0.445. The lowest BCUT2D eigenvalue weighted by Gasteiger charge is -2.33. The van der Waals surface area contributed by atoms with E-state index in [1.54, 1.807) is 0 Å².